The summed E-state index contributed by atoms with van der Waals surface area (Å²) in [6.07, 6.45) is 2.23. The van der Waals surface area contributed by atoms with Crippen LogP contribution in [-0.2, 0) is 9.47 Å². The number of methoxy groups -OCH3 is 2. The highest BCUT2D eigenvalue weighted by Gasteiger charge is 2.15. The summed E-state index contributed by atoms with van der Waals surface area (Å²) < 4.78 is 10.3. The Balaban J connectivity index is 3.81. The van der Waals surface area contributed by atoms with E-state index in [1.807, 2.05) is 0 Å². The predicted octanol–water partition coefficient (Wildman–Crippen LogP) is 1.67. The van der Waals surface area contributed by atoms with E-state index >= 15 is 0 Å². The lowest BCUT2D eigenvalue weighted by Crippen LogP contribution is -2.38. The third-order valence-electron chi connectivity index (χ3n) is 2.41. The van der Waals surface area contributed by atoms with Gasteiger partial charge in [-0.05, 0) is 25.3 Å². The van der Waals surface area contributed by atoms with Crippen molar-refractivity contribution in [2.45, 2.75) is 32.7 Å². The Bertz CT molecular complexity index is 112. The second-order valence-electron chi connectivity index (χ2n) is 3.77. The van der Waals surface area contributed by atoms with Gasteiger partial charge in [-0.15, -0.1) is 0 Å². The first-order valence-electron chi connectivity index (χ1n) is 5.47. The highest BCUT2D eigenvalue weighted by Crippen LogP contribution is 2.07. The van der Waals surface area contributed by atoms with E-state index in [4.69, 9.17) is 9.47 Å². The zero-order valence-electron chi connectivity index (χ0n) is 10.0. The van der Waals surface area contributed by atoms with Crippen LogP contribution in [0, 0.1) is 5.92 Å². The quantitative estimate of drug-likeness (QED) is 0.618. The molecule has 0 bridgehead atoms. The van der Waals surface area contributed by atoms with Gasteiger partial charge in [0.1, 0.15) is 0 Å². The molecule has 0 radical (unpaired) electrons. The van der Waals surface area contributed by atoms with Crippen molar-refractivity contribution >= 4 is 0 Å². The van der Waals surface area contributed by atoms with Crippen LogP contribution in [0.5, 0.6) is 0 Å². The Labute approximate surface area is 88.2 Å². The maximum Gasteiger partial charge on any atom is 0.0502 e. The maximum atomic E-state index is 5.16. The molecular weight excluding hydrogens is 178 g/mol. The molecule has 0 spiro atoms. The number of nitrogens with one attached hydrogen (secondary N) is 1. The Morgan fingerprint density at radius 1 is 1.21 bits per heavy atom. The Hall–Kier alpha value is -0.120. The van der Waals surface area contributed by atoms with Crippen LogP contribution in [0.25, 0.3) is 0 Å². The van der Waals surface area contributed by atoms with Crippen molar-refractivity contribution in [1.82, 2.24) is 5.32 Å². The van der Waals surface area contributed by atoms with Crippen molar-refractivity contribution in [3.05, 3.63) is 0 Å². The first-order valence-corrected chi connectivity index (χ1v) is 5.47. The minimum atomic E-state index is 0.509. The molecule has 1 N–H and O–H groups in total. The number of hydrogen-bond acceptors (Lipinski definition) is 3. The topological polar surface area (TPSA) is 30.5 Å². The van der Waals surface area contributed by atoms with Gasteiger partial charge < -0.3 is 14.8 Å². The summed E-state index contributed by atoms with van der Waals surface area (Å²) in [6, 6.07) is 0.509. The first-order chi connectivity index (χ1) is 6.76. The lowest BCUT2D eigenvalue weighted by molar-refractivity contribution is 0.119. The van der Waals surface area contributed by atoms with Crippen LogP contribution in [0.1, 0.15) is 26.7 Å². The molecule has 0 aromatic rings. The van der Waals surface area contributed by atoms with Crippen LogP contribution in [0.2, 0.25) is 0 Å². The lowest BCUT2D eigenvalue weighted by Gasteiger charge is -2.24. The van der Waals surface area contributed by atoms with Crippen molar-refractivity contribution in [1.29, 1.82) is 0 Å². The van der Waals surface area contributed by atoms with Gasteiger partial charge in [0, 0.05) is 26.9 Å². The zero-order valence-corrected chi connectivity index (χ0v) is 10.0. The SMILES string of the molecule is CCCNC(CCOC)C(C)COC. The highest BCUT2D eigenvalue weighted by atomic mass is 16.5. The van der Waals surface area contributed by atoms with Crippen molar-refractivity contribution in [2.24, 2.45) is 5.92 Å². The van der Waals surface area contributed by atoms with E-state index < -0.39 is 0 Å². The predicted molar refractivity (Wildman–Crippen MR) is 59.6 cm³/mol. The molecule has 0 aliphatic carbocycles. The van der Waals surface area contributed by atoms with E-state index in [-0.39, 0.29) is 0 Å². The van der Waals surface area contributed by atoms with Crippen LogP contribution in [-0.4, -0.2) is 40.0 Å². The van der Waals surface area contributed by atoms with Crippen LogP contribution in [0.15, 0.2) is 0 Å². The van der Waals surface area contributed by atoms with Gasteiger partial charge in [0.15, 0.2) is 0 Å². The van der Waals surface area contributed by atoms with E-state index in [2.05, 4.69) is 19.2 Å². The normalized spacial score (nSPS) is 15.4. The van der Waals surface area contributed by atoms with Crippen LogP contribution in [0.4, 0.5) is 0 Å². The summed E-state index contributed by atoms with van der Waals surface area (Å²) in [6.45, 7) is 7.09. The summed E-state index contributed by atoms with van der Waals surface area (Å²) in [5, 5.41) is 3.53. The fourth-order valence-corrected chi connectivity index (χ4v) is 1.54. The molecule has 0 aromatic carbocycles. The fourth-order valence-electron chi connectivity index (χ4n) is 1.54. The third-order valence-corrected chi connectivity index (χ3v) is 2.41. The minimum Gasteiger partial charge on any atom is -0.385 e. The molecule has 0 amide bonds. The number of hydrogen-bond donors (Lipinski definition) is 1. The van der Waals surface area contributed by atoms with Gasteiger partial charge in [0.2, 0.25) is 0 Å². The second-order valence-corrected chi connectivity index (χ2v) is 3.77. The van der Waals surface area contributed by atoms with Crippen LogP contribution in [0.3, 0.4) is 0 Å². The average Bonchev–Trinajstić information content (AvgIpc) is 2.18. The van der Waals surface area contributed by atoms with Gasteiger partial charge in [-0.1, -0.05) is 13.8 Å². The summed E-state index contributed by atoms with van der Waals surface area (Å²) in [7, 11) is 3.50. The van der Waals surface area contributed by atoms with Gasteiger partial charge in [-0.3, -0.25) is 0 Å². The van der Waals surface area contributed by atoms with Crippen molar-refractivity contribution in [3.63, 3.8) is 0 Å². The molecular formula is C11H25NO2. The van der Waals surface area contributed by atoms with E-state index in [9.17, 15) is 0 Å². The third kappa shape index (κ3) is 6.35. The molecule has 3 heteroatoms. The van der Waals surface area contributed by atoms with Crippen molar-refractivity contribution in [2.75, 3.05) is 34.0 Å². The van der Waals surface area contributed by atoms with E-state index in [0.717, 1.165) is 26.2 Å². The van der Waals surface area contributed by atoms with Gasteiger partial charge in [-0.2, -0.15) is 0 Å². The van der Waals surface area contributed by atoms with E-state index in [0.29, 0.717) is 12.0 Å². The molecule has 0 aliphatic heterocycles. The lowest BCUT2D eigenvalue weighted by atomic mass is 10.00. The molecule has 2 unspecified atom stereocenters. The first kappa shape index (κ1) is 13.9. The molecule has 86 valence electrons. The minimum absolute atomic E-state index is 0.509. The molecule has 0 fully saturated rings. The summed E-state index contributed by atoms with van der Waals surface area (Å²) in [4.78, 5) is 0. The van der Waals surface area contributed by atoms with Gasteiger partial charge in [0.05, 0.1) is 6.61 Å². The van der Waals surface area contributed by atoms with Crippen LogP contribution >= 0.6 is 0 Å². The molecule has 2 atom stereocenters. The molecule has 0 saturated carbocycles. The average molecular weight is 203 g/mol. The fraction of sp³-hybridized carbons (Fsp3) is 1.00. The van der Waals surface area contributed by atoms with E-state index in [1.54, 1.807) is 14.2 Å². The van der Waals surface area contributed by atoms with Crippen molar-refractivity contribution < 1.29 is 9.47 Å². The molecule has 0 aromatic heterocycles. The number of ether oxygens (including phenoxy) is 2. The molecule has 0 rings (SSSR count). The van der Waals surface area contributed by atoms with Gasteiger partial charge in [-0.25, -0.2) is 0 Å². The Kier molecular flexibility index (Phi) is 9.35. The largest absolute Gasteiger partial charge is 0.385 e. The standard InChI is InChI=1S/C11H25NO2/c1-5-7-12-11(6-8-13-3)10(2)9-14-4/h10-12H,5-9H2,1-4H3. The zero-order chi connectivity index (χ0) is 10.8. The monoisotopic (exact) mass is 203 g/mol. The second kappa shape index (κ2) is 9.44. The molecule has 14 heavy (non-hydrogen) atoms. The molecule has 0 heterocycles. The van der Waals surface area contributed by atoms with Crippen molar-refractivity contribution in [3.8, 4) is 0 Å². The van der Waals surface area contributed by atoms with Gasteiger partial charge >= 0.3 is 0 Å². The Morgan fingerprint density at radius 2 is 1.93 bits per heavy atom. The summed E-state index contributed by atoms with van der Waals surface area (Å²) in [5.41, 5.74) is 0. The Morgan fingerprint density at radius 3 is 2.43 bits per heavy atom. The number of rotatable bonds is 9. The molecule has 3 nitrogen and oxygen atoms in total. The summed E-state index contributed by atoms with van der Waals surface area (Å²) in [5.74, 6) is 0.543. The van der Waals surface area contributed by atoms with Crippen LogP contribution < -0.4 is 5.32 Å². The smallest absolute Gasteiger partial charge is 0.0502 e. The summed E-state index contributed by atoms with van der Waals surface area (Å²) >= 11 is 0. The van der Waals surface area contributed by atoms with E-state index in [1.165, 1.54) is 6.42 Å². The van der Waals surface area contributed by atoms with Gasteiger partial charge in [0.25, 0.3) is 0 Å². The maximum absolute atomic E-state index is 5.16. The molecule has 0 aliphatic rings. The molecule has 0 saturated heterocycles. The highest BCUT2D eigenvalue weighted by molar-refractivity contribution is 4.72.